The third-order valence-electron chi connectivity index (χ3n) is 7.96. The number of amides is 3. The minimum atomic E-state index is -0.558. The van der Waals surface area contributed by atoms with E-state index < -0.39 is 12.1 Å². The molecule has 4 bridgehead atoms. The molecule has 2 N–H and O–H groups in total. The summed E-state index contributed by atoms with van der Waals surface area (Å²) in [5, 5.41) is 10.5. The molecule has 3 amide bonds. The van der Waals surface area contributed by atoms with Crippen LogP contribution in [0, 0.1) is 20.8 Å². The molecule has 2 aromatic heterocycles. The normalized spacial score (nSPS) is 18.9. The number of pyridine rings is 1. The molecule has 0 saturated carbocycles. The number of hydrogen-bond acceptors (Lipinski definition) is 9. The van der Waals surface area contributed by atoms with Gasteiger partial charge in [-0.3, -0.25) is 14.4 Å². The molecule has 2 atom stereocenters. The molecule has 1 fully saturated rings. The Hall–Kier alpha value is -5.13. The first-order valence-electron chi connectivity index (χ1n) is 14.4. The highest BCUT2D eigenvalue weighted by Crippen LogP contribution is 2.29. The molecule has 0 radical (unpaired) electrons. The largest absolute Gasteiger partial charge is 0.496 e. The summed E-state index contributed by atoms with van der Waals surface area (Å²) < 4.78 is 23.1. The van der Waals surface area contributed by atoms with E-state index in [0.29, 0.717) is 63.8 Å². The number of carbonyl (C=O) groups is 3. The molecule has 44 heavy (non-hydrogen) atoms. The van der Waals surface area contributed by atoms with E-state index in [9.17, 15) is 14.4 Å². The Morgan fingerprint density at radius 3 is 2.75 bits per heavy atom. The summed E-state index contributed by atoms with van der Waals surface area (Å²) in [4.78, 5) is 46.1. The molecule has 3 aliphatic rings. The molecule has 0 aliphatic carbocycles. The van der Waals surface area contributed by atoms with Crippen molar-refractivity contribution in [3.63, 3.8) is 0 Å². The molecule has 3 aliphatic heterocycles. The monoisotopic (exact) mass is 599 g/mol. The van der Waals surface area contributed by atoms with Gasteiger partial charge in [0, 0.05) is 48.9 Å². The number of carbonyl (C=O) groups excluding carboxylic acids is 3. The van der Waals surface area contributed by atoms with Crippen LogP contribution in [0.4, 0.5) is 0 Å². The molecule has 228 valence electrons. The third kappa shape index (κ3) is 5.75. The molecular weight excluding hydrogens is 566 g/mol. The van der Waals surface area contributed by atoms with Crippen LogP contribution in [-0.2, 0) is 11.3 Å². The number of likely N-dealkylation sites (tertiary alicyclic amines) is 1. The van der Waals surface area contributed by atoms with E-state index in [1.165, 1.54) is 0 Å². The molecule has 12 nitrogen and oxygen atoms in total. The molecule has 5 heterocycles. The number of piperidine rings is 1. The van der Waals surface area contributed by atoms with E-state index in [-0.39, 0.29) is 37.4 Å². The van der Waals surface area contributed by atoms with Gasteiger partial charge in [-0.1, -0.05) is 11.2 Å². The average molecular weight is 600 g/mol. The Balaban J connectivity index is 1.34. The standard InChI is InChI=1S/C32H33N5O7/c1-17-5-6-20-12-26(17)42-16-28(38)33-14-21-7-8-22(13-27(21)41-4)43-25-9-10-37(15-24(25)35-30(20)39)32(40)23-11-18(2)34-31-29(23)19(3)36-44-31/h5-8,11-13,24-25H,9-10,14-16H2,1-4H3,(H,33,38)(H,35,39)/t24-,25+/m0/s1. The highest BCUT2D eigenvalue weighted by Gasteiger charge is 2.36. The van der Waals surface area contributed by atoms with Crippen LogP contribution in [0.1, 0.15) is 49.7 Å². The van der Waals surface area contributed by atoms with Crippen LogP contribution in [0.3, 0.4) is 0 Å². The van der Waals surface area contributed by atoms with E-state index in [1.54, 1.807) is 62.3 Å². The predicted molar refractivity (Wildman–Crippen MR) is 159 cm³/mol. The summed E-state index contributed by atoms with van der Waals surface area (Å²) >= 11 is 0. The quantitative estimate of drug-likeness (QED) is 0.355. The highest BCUT2D eigenvalue weighted by molar-refractivity contribution is 6.06. The lowest BCUT2D eigenvalue weighted by Gasteiger charge is -2.39. The van der Waals surface area contributed by atoms with Crippen molar-refractivity contribution in [3.8, 4) is 17.2 Å². The summed E-state index contributed by atoms with van der Waals surface area (Å²) in [7, 11) is 1.55. The maximum absolute atomic E-state index is 13.9. The molecule has 12 heteroatoms. The third-order valence-corrected chi connectivity index (χ3v) is 7.96. The van der Waals surface area contributed by atoms with Gasteiger partial charge in [-0.2, -0.15) is 0 Å². The summed E-state index contributed by atoms with van der Waals surface area (Å²) in [6.07, 6.45) is 0.00108. The van der Waals surface area contributed by atoms with Crippen molar-refractivity contribution >= 4 is 28.8 Å². The molecule has 7 rings (SSSR count). The Morgan fingerprint density at radius 2 is 1.93 bits per heavy atom. The smallest absolute Gasteiger partial charge is 0.258 e. The number of nitrogens with zero attached hydrogens (tertiary/aromatic N) is 3. The first kappa shape index (κ1) is 29.0. The van der Waals surface area contributed by atoms with Crippen LogP contribution in [0.2, 0.25) is 0 Å². The van der Waals surface area contributed by atoms with Gasteiger partial charge in [0.2, 0.25) is 0 Å². The molecule has 2 aromatic carbocycles. The maximum atomic E-state index is 13.9. The van der Waals surface area contributed by atoms with E-state index in [0.717, 1.165) is 11.1 Å². The predicted octanol–water partition coefficient (Wildman–Crippen LogP) is 3.26. The first-order chi connectivity index (χ1) is 21.2. The summed E-state index contributed by atoms with van der Waals surface area (Å²) in [5.74, 6) is 0.624. The van der Waals surface area contributed by atoms with Crippen molar-refractivity contribution in [2.75, 3.05) is 26.8 Å². The lowest BCUT2D eigenvalue weighted by molar-refractivity contribution is -0.123. The molecule has 0 unspecified atom stereocenters. The number of fused-ring (bicyclic) bond motifs is 8. The highest BCUT2D eigenvalue weighted by atomic mass is 16.5. The van der Waals surface area contributed by atoms with Gasteiger partial charge in [0.05, 0.1) is 29.8 Å². The van der Waals surface area contributed by atoms with E-state index in [2.05, 4.69) is 20.8 Å². The van der Waals surface area contributed by atoms with Gasteiger partial charge in [0.15, 0.2) is 6.61 Å². The fourth-order valence-corrected chi connectivity index (χ4v) is 5.61. The van der Waals surface area contributed by atoms with Crippen molar-refractivity contribution in [3.05, 3.63) is 76.1 Å². The topological polar surface area (TPSA) is 145 Å². The van der Waals surface area contributed by atoms with Crippen LogP contribution >= 0.6 is 0 Å². The van der Waals surface area contributed by atoms with Crippen LogP contribution in [0.5, 0.6) is 17.2 Å². The van der Waals surface area contributed by atoms with Gasteiger partial charge < -0.3 is 34.3 Å². The average Bonchev–Trinajstić information content (AvgIpc) is 3.39. The minimum Gasteiger partial charge on any atom is -0.496 e. The van der Waals surface area contributed by atoms with Crippen LogP contribution in [0.15, 0.2) is 47.0 Å². The lowest BCUT2D eigenvalue weighted by atomic mass is 9.99. The Kier molecular flexibility index (Phi) is 7.81. The van der Waals surface area contributed by atoms with Crippen molar-refractivity contribution in [2.24, 2.45) is 0 Å². The second-order valence-corrected chi connectivity index (χ2v) is 11.1. The van der Waals surface area contributed by atoms with Crippen LogP contribution in [0.25, 0.3) is 11.1 Å². The van der Waals surface area contributed by atoms with Gasteiger partial charge >= 0.3 is 0 Å². The van der Waals surface area contributed by atoms with Crippen molar-refractivity contribution < 1.29 is 33.1 Å². The van der Waals surface area contributed by atoms with Gasteiger partial charge in [0.1, 0.15) is 23.4 Å². The molecule has 4 aromatic rings. The number of ether oxygens (including phenoxy) is 3. The fourth-order valence-electron chi connectivity index (χ4n) is 5.61. The van der Waals surface area contributed by atoms with Gasteiger partial charge in [-0.15, -0.1) is 0 Å². The number of aromatic nitrogens is 2. The first-order valence-corrected chi connectivity index (χ1v) is 14.4. The summed E-state index contributed by atoms with van der Waals surface area (Å²) in [6, 6.07) is 11.6. The number of benzene rings is 2. The van der Waals surface area contributed by atoms with E-state index in [1.807, 2.05) is 13.0 Å². The second-order valence-electron chi connectivity index (χ2n) is 11.1. The summed E-state index contributed by atoms with van der Waals surface area (Å²) in [6.45, 7) is 6.02. The van der Waals surface area contributed by atoms with Crippen molar-refractivity contribution in [1.82, 2.24) is 25.7 Å². The Bertz CT molecular complexity index is 1770. The maximum Gasteiger partial charge on any atom is 0.258 e. The van der Waals surface area contributed by atoms with E-state index >= 15 is 0 Å². The zero-order valence-electron chi connectivity index (χ0n) is 24.9. The number of aryl methyl sites for hydroxylation is 3. The van der Waals surface area contributed by atoms with Gasteiger partial charge in [-0.05, 0) is 56.7 Å². The van der Waals surface area contributed by atoms with Crippen molar-refractivity contribution in [2.45, 2.75) is 45.9 Å². The number of rotatable bonds is 2. The SMILES string of the molecule is COc1cc2ccc1CNC(=O)COc1cc(ccc1C)C(=O)N[C@H]1CN(C(=O)c3cc(C)nc4onc(C)c34)CC[C@H]1O2. The lowest BCUT2D eigenvalue weighted by Crippen LogP contribution is -2.58. The van der Waals surface area contributed by atoms with Gasteiger partial charge in [-0.25, -0.2) is 4.98 Å². The minimum absolute atomic E-state index is 0.200. The zero-order valence-corrected chi connectivity index (χ0v) is 24.9. The number of methoxy groups -OCH3 is 1. The molecular formula is C32H33N5O7. The van der Waals surface area contributed by atoms with Crippen molar-refractivity contribution in [1.29, 1.82) is 0 Å². The fraction of sp³-hybridized carbons (Fsp3) is 0.344. The Labute approximate surface area is 253 Å². The number of nitrogens with one attached hydrogen (secondary N) is 2. The molecule has 1 saturated heterocycles. The van der Waals surface area contributed by atoms with Crippen LogP contribution in [-0.4, -0.2) is 71.7 Å². The van der Waals surface area contributed by atoms with E-state index in [4.69, 9.17) is 18.7 Å². The Morgan fingerprint density at radius 1 is 1.09 bits per heavy atom. The number of hydrogen-bond donors (Lipinski definition) is 2. The van der Waals surface area contributed by atoms with Crippen LogP contribution < -0.4 is 24.8 Å². The summed E-state index contributed by atoms with van der Waals surface area (Å²) in [5.41, 5.74) is 3.88. The molecule has 0 spiro atoms. The van der Waals surface area contributed by atoms with Gasteiger partial charge in [0.25, 0.3) is 23.4 Å². The zero-order chi connectivity index (χ0) is 31.0. The second kappa shape index (κ2) is 11.9.